The van der Waals surface area contributed by atoms with Crippen molar-refractivity contribution >= 4 is 27.2 Å². The standard InChI is InChI=1S/C18H15ClFN3O3S/c1-11-21-17(22-26-11)13-4-6-14(7-5-13)18(24)23-27(2,25)10-12-3-8-15(19)16(20)9-12/h3-9H,10H2,1-2H3. The largest absolute Gasteiger partial charge is 0.339 e. The van der Waals surface area contributed by atoms with Gasteiger partial charge in [-0.3, -0.25) is 4.79 Å². The van der Waals surface area contributed by atoms with E-state index in [4.69, 9.17) is 16.1 Å². The van der Waals surface area contributed by atoms with E-state index < -0.39 is 21.5 Å². The zero-order chi connectivity index (χ0) is 19.6. The summed E-state index contributed by atoms with van der Waals surface area (Å²) in [5, 5.41) is 3.78. The van der Waals surface area contributed by atoms with Gasteiger partial charge in [-0.2, -0.15) is 9.35 Å². The molecule has 1 amide bonds. The van der Waals surface area contributed by atoms with Crippen molar-refractivity contribution in [2.24, 2.45) is 4.36 Å². The predicted octanol–water partition coefficient (Wildman–Crippen LogP) is 4.28. The molecule has 0 saturated carbocycles. The molecule has 140 valence electrons. The van der Waals surface area contributed by atoms with Gasteiger partial charge >= 0.3 is 0 Å². The van der Waals surface area contributed by atoms with Crippen LogP contribution < -0.4 is 0 Å². The molecule has 27 heavy (non-hydrogen) atoms. The number of rotatable bonds is 4. The van der Waals surface area contributed by atoms with Crippen molar-refractivity contribution in [2.45, 2.75) is 12.7 Å². The normalized spacial score (nSPS) is 13.2. The Bertz CT molecular complexity index is 1120. The molecule has 0 saturated heterocycles. The van der Waals surface area contributed by atoms with E-state index in [2.05, 4.69) is 14.5 Å². The average molecular weight is 408 g/mol. The first-order valence-corrected chi connectivity index (χ1v) is 10.3. The highest BCUT2D eigenvalue weighted by atomic mass is 35.5. The van der Waals surface area contributed by atoms with Crippen molar-refractivity contribution in [3.8, 4) is 11.4 Å². The zero-order valence-corrected chi connectivity index (χ0v) is 16.1. The molecule has 1 unspecified atom stereocenters. The quantitative estimate of drug-likeness (QED) is 0.644. The Balaban J connectivity index is 1.79. The predicted molar refractivity (Wildman–Crippen MR) is 100 cm³/mol. The molecule has 1 heterocycles. The molecule has 0 spiro atoms. The van der Waals surface area contributed by atoms with E-state index >= 15 is 0 Å². The van der Waals surface area contributed by atoms with Crippen molar-refractivity contribution in [1.82, 2.24) is 10.1 Å². The lowest BCUT2D eigenvalue weighted by Gasteiger charge is -2.05. The van der Waals surface area contributed by atoms with Gasteiger partial charge in [-0.15, -0.1) is 0 Å². The highest BCUT2D eigenvalue weighted by molar-refractivity contribution is 7.92. The second-order valence-corrected chi connectivity index (χ2v) is 8.76. The molecule has 6 nitrogen and oxygen atoms in total. The molecule has 3 rings (SSSR count). The maximum atomic E-state index is 13.5. The third-order valence-electron chi connectivity index (χ3n) is 3.61. The third kappa shape index (κ3) is 4.78. The van der Waals surface area contributed by atoms with Crippen molar-refractivity contribution < 1.29 is 17.9 Å². The lowest BCUT2D eigenvalue weighted by Crippen LogP contribution is -2.06. The average Bonchev–Trinajstić information content (AvgIpc) is 3.04. The van der Waals surface area contributed by atoms with Crippen LogP contribution in [0, 0.1) is 12.7 Å². The molecule has 0 aliphatic carbocycles. The Labute approximate surface area is 160 Å². The summed E-state index contributed by atoms with van der Waals surface area (Å²) < 4.78 is 34.9. The van der Waals surface area contributed by atoms with Crippen LogP contribution in [0.15, 0.2) is 51.4 Å². The van der Waals surface area contributed by atoms with E-state index in [0.717, 1.165) is 0 Å². The summed E-state index contributed by atoms with van der Waals surface area (Å²) >= 11 is 5.64. The lowest BCUT2D eigenvalue weighted by atomic mass is 10.1. The number of halogens is 2. The number of carbonyl (C=O) groups excluding carboxylic acids is 1. The summed E-state index contributed by atoms with van der Waals surface area (Å²) in [5.41, 5.74) is 1.40. The van der Waals surface area contributed by atoms with Crippen LogP contribution in [-0.4, -0.2) is 26.5 Å². The summed E-state index contributed by atoms with van der Waals surface area (Å²) in [6, 6.07) is 10.5. The second kappa shape index (κ2) is 7.58. The van der Waals surface area contributed by atoms with Crippen LogP contribution in [0.5, 0.6) is 0 Å². The molecule has 1 atom stereocenters. The van der Waals surface area contributed by atoms with Gasteiger partial charge in [-0.1, -0.05) is 35.0 Å². The first kappa shape index (κ1) is 19.2. The highest BCUT2D eigenvalue weighted by Gasteiger charge is 2.12. The van der Waals surface area contributed by atoms with Crippen molar-refractivity contribution in [2.75, 3.05) is 6.26 Å². The van der Waals surface area contributed by atoms with Gasteiger partial charge in [-0.25, -0.2) is 8.60 Å². The van der Waals surface area contributed by atoms with Gasteiger partial charge in [0.25, 0.3) is 5.91 Å². The Hall–Kier alpha value is -2.58. The van der Waals surface area contributed by atoms with Gasteiger partial charge in [0.1, 0.15) is 5.82 Å². The molecule has 0 bridgehead atoms. The van der Waals surface area contributed by atoms with E-state index in [1.165, 1.54) is 18.4 Å². The summed E-state index contributed by atoms with van der Waals surface area (Å²) in [4.78, 5) is 16.4. The monoisotopic (exact) mass is 407 g/mol. The summed E-state index contributed by atoms with van der Waals surface area (Å²) in [6.45, 7) is 1.68. The molecule has 0 N–H and O–H groups in total. The molecular weight excluding hydrogens is 393 g/mol. The molecule has 0 fully saturated rings. The zero-order valence-electron chi connectivity index (χ0n) is 14.5. The maximum Gasteiger partial charge on any atom is 0.285 e. The molecule has 2 aromatic carbocycles. The SMILES string of the molecule is Cc1nc(-c2ccc(C(=O)N=S(C)(=O)Cc3ccc(Cl)c(F)c3)cc2)no1. The van der Waals surface area contributed by atoms with Crippen LogP contribution in [0.2, 0.25) is 5.02 Å². The Morgan fingerprint density at radius 3 is 2.56 bits per heavy atom. The minimum Gasteiger partial charge on any atom is -0.339 e. The summed E-state index contributed by atoms with van der Waals surface area (Å²) in [6.07, 6.45) is 1.36. The van der Waals surface area contributed by atoms with Crippen LogP contribution >= 0.6 is 11.6 Å². The number of nitrogens with zero attached hydrogens (tertiary/aromatic N) is 3. The Morgan fingerprint density at radius 1 is 1.26 bits per heavy atom. The second-order valence-electron chi connectivity index (χ2n) is 5.96. The van der Waals surface area contributed by atoms with Gasteiger partial charge in [-0.05, 0) is 29.8 Å². The van der Waals surface area contributed by atoms with E-state index in [9.17, 15) is 13.4 Å². The van der Waals surface area contributed by atoms with Gasteiger partial charge < -0.3 is 4.52 Å². The van der Waals surface area contributed by atoms with Crippen molar-refractivity contribution in [3.05, 3.63) is 70.3 Å². The van der Waals surface area contributed by atoms with Gasteiger partial charge in [0, 0.05) is 24.3 Å². The third-order valence-corrected chi connectivity index (χ3v) is 5.34. The van der Waals surface area contributed by atoms with Gasteiger partial charge in [0.15, 0.2) is 0 Å². The van der Waals surface area contributed by atoms with Crippen molar-refractivity contribution in [1.29, 1.82) is 0 Å². The Morgan fingerprint density at radius 2 is 1.96 bits per heavy atom. The summed E-state index contributed by atoms with van der Waals surface area (Å²) in [5.74, 6) is -0.444. The maximum absolute atomic E-state index is 13.5. The molecule has 3 aromatic rings. The number of hydrogen-bond acceptors (Lipinski definition) is 5. The number of hydrogen-bond donors (Lipinski definition) is 0. The van der Waals surface area contributed by atoms with Crippen molar-refractivity contribution in [3.63, 3.8) is 0 Å². The van der Waals surface area contributed by atoms with Gasteiger partial charge in [0.05, 0.1) is 20.5 Å². The fraction of sp³-hybridized carbons (Fsp3) is 0.167. The molecule has 0 aliphatic heterocycles. The van der Waals surface area contributed by atoms with E-state index in [0.29, 0.717) is 22.8 Å². The van der Waals surface area contributed by atoms with E-state index in [1.54, 1.807) is 37.3 Å². The molecule has 9 heteroatoms. The molecular formula is C18H15ClFN3O3S. The first-order chi connectivity index (χ1) is 12.7. The van der Waals surface area contributed by atoms with Crippen LogP contribution in [0.1, 0.15) is 21.8 Å². The van der Waals surface area contributed by atoms with Crippen LogP contribution in [0.3, 0.4) is 0 Å². The topological polar surface area (TPSA) is 85.4 Å². The summed E-state index contributed by atoms with van der Waals surface area (Å²) in [7, 11) is -2.89. The van der Waals surface area contributed by atoms with E-state index in [1.807, 2.05) is 0 Å². The molecule has 0 radical (unpaired) electrons. The molecule has 0 aliphatic rings. The number of carbonyl (C=O) groups is 1. The van der Waals surface area contributed by atoms with Crippen LogP contribution in [0.25, 0.3) is 11.4 Å². The lowest BCUT2D eigenvalue weighted by molar-refractivity contribution is 0.100. The highest BCUT2D eigenvalue weighted by Crippen LogP contribution is 2.19. The number of aryl methyl sites for hydroxylation is 1. The number of aromatic nitrogens is 2. The fourth-order valence-corrected chi connectivity index (χ4v) is 3.81. The van der Waals surface area contributed by atoms with Crippen LogP contribution in [-0.2, 0) is 15.5 Å². The number of amides is 1. The van der Waals surface area contributed by atoms with E-state index in [-0.39, 0.29) is 16.3 Å². The van der Waals surface area contributed by atoms with Crippen LogP contribution in [0.4, 0.5) is 4.39 Å². The molecule has 1 aromatic heterocycles. The minimum atomic E-state index is -2.89. The first-order valence-electron chi connectivity index (χ1n) is 7.82. The Kier molecular flexibility index (Phi) is 5.38. The van der Waals surface area contributed by atoms with Gasteiger partial charge in [0.2, 0.25) is 11.7 Å². The minimum absolute atomic E-state index is 0.0220. The smallest absolute Gasteiger partial charge is 0.285 e. The fourth-order valence-electron chi connectivity index (χ4n) is 2.38. The number of benzene rings is 2.